The van der Waals surface area contributed by atoms with Crippen molar-refractivity contribution in [3.05, 3.63) is 17.0 Å². The van der Waals surface area contributed by atoms with Gasteiger partial charge in [-0.15, -0.1) is 11.3 Å². The first-order valence-electron chi connectivity index (χ1n) is 8.18. The number of rotatable bonds is 3. The summed E-state index contributed by atoms with van der Waals surface area (Å²) in [6, 6.07) is 2.53. The molecule has 0 atom stereocenters. The van der Waals surface area contributed by atoms with E-state index in [-0.39, 0.29) is 7.92 Å². The highest BCUT2D eigenvalue weighted by molar-refractivity contribution is 7.72. The standard InChI is InChI=1S/C17H27PS/c1-14-12-17(19-13-14)18(15-8-4-2-5-9-15)16-10-6-3-7-11-16/h12-13,15-16H,2-11H2,1H3. The second kappa shape index (κ2) is 6.72. The van der Waals surface area contributed by atoms with Crippen LogP contribution in [0.2, 0.25) is 0 Å². The Morgan fingerprint density at radius 2 is 1.42 bits per heavy atom. The van der Waals surface area contributed by atoms with E-state index in [1.165, 1.54) is 69.8 Å². The first-order valence-corrected chi connectivity index (χ1v) is 10.5. The molecular weight excluding hydrogens is 267 g/mol. The van der Waals surface area contributed by atoms with Crippen LogP contribution in [-0.4, -0.2) is 11.3 Å². The second-order valence-electron chi connectivity index (χ2n) is 6.45. The Morgan fingerprint density at radius 3 is 1.84 bits per heavy atom. The molecule has 0 saturated heterocycles. The fraction of sp³-hybridized carbons (Fsp3) is 0.765. The lowest BCUT2D eigenvalue weighted by molar-refractivity contribution is 0.487. The molecule has 106 valence electrons. The van der Waals surface area contributed by atoms with Crippen molar-refractivity contribution >= 4 is 23.9 Å². The molecule has 1 aromatic heterocycles. The van der Waals surface area contributed by atoms with Gasteiger partial charge in [0, 0.05) is 4.62 Å². The van der Waals surface area contributed by atoms with Crippen LogP contribution in [0, 0.1) is 6.92 Å². The lowest BCUT2D eigenvalue weighted by Crippen LogP contribution is -2.25. The highest BCUT2D eigenvalue weighted by atomic mass is 32.1. The molecule has 2 fully saturated rings. The van der Waals surface area contributed by atoms with E-state index in [1.807, 2.05) is 0 Å². The number of hydrogen-bond acceptors (Lipinski definition) is 1. The summed E-state index contributed by atoms with van der Waals surface area (Å²) in [4.78, 5) is 0. The van der Waals surface area contributed by atoms with Crippen LogP contribution in [0.25, 0.3) is 0 Å². The molecule has 2 saturated carbocycles. The normalized spacial score (nSPS) is 23.1. The molecule has 0 spiro atoms. The van der Waals surface area contributed by atoms with Crippen molar-refractivity contribution < 1.29 is 0 Å². The average molecular weight is 294 g/mol. The summed E-state index contributed by atoms with van der Waals surface area (Å²) in [5.74, 6) is 0. The van der Waals surface area contributed by atoms with Crippen LogP contribution in [0.1, 0.15) is 69.8 Å². The summed E-state index contributed by atoms with van der Waals surface area (Å²) in [5, 5.41) is 2.39. The lowest BCUT2D eigenvalue weighted by Gasteiger charge is -2.37. The third kappa shape index (κ3) is 3.42. The smallest absolute Gasteiger partial charge is 0.0286 e. The van der Waals surface area contributed by atoms with Gasteiger partial charge in [-0.05, 0) is 60.9 Å². The molecule has 1 heterocycles. The maximum Gasteiger partial charge on any atom is 0.0286 e. The van der Waals surface area contributed by atoms with Crippen molar-refractivity contribution in [1.29, 1.82) is 0 Å². The van der Waals surface area contributed by atoms with E-state index < -0.39 is 0 Å². The average Bonchev–Trinajstić information content (AvgIpc) is 2.88. The second-order valence-corrected chi connectivity index (χ2v) is 10.4. The molecule has 2 aliphatic carbocycles. The fourth-order valence-corrected chi connectivity index (χ4v) is 9.61. The van der Waals surface area contributed by atoms with Gasteiger partial charge in [-0.25, -0.2) is 0 Å². The van der Waals surface area contributed by atoms with Crippen LogP contribution in [0.5, 0.6) is 0 Å². The summed E-state index contributed by atoms with van der Waals surface area (Å²) in [6.07, 6.45) is 15.1. The van der Waals surface area contributed by atoms with Crippen molar-refractivity contribution in [2.24, 2.45) is 0 Å². The molecule has 3 rings (SSSR count). The molecule has 0 bridgehead atoms. The third-order valence-corrected chi connectivity index (χ3v) is 9.95. The highest BCUT2D eigenvalue weighted by Crippen LogP contribution is 2.55. The van der Waals surface area contributed by atoms with Crippen molar-refractivity contribution in [2.75, 3.05) is 0 Å². The van der Waals surface area contributed by atoms with Crippen molar-refractivity contribution in [3.8, 4) is 0 Å². The van der Waals surface area contributed by atoms with Gasteiger partial charge in [0.25, 0.3) is 0 Å². The Hall–Kier alpha value is 0.130. The van der Waals surface area contributed by atoms with Crippen LogP contribution in [0.3, 0.4) is 0 Å². The molecule has 0 nitrogen and oxygen atoms in total. The van der Waals surface area contributed by atoms with Gasteiger partial charge in [-0.3, -0.25) is 0 Å². The number of hydrogen-bond donors (Lipinski definition) is 0. The van der Waals surface area contributed by atoms with E-state index in [0.717, 1.165) is 11.3 Å². The van der Waals surface area contributed by atoms with Gasteiger partial charge in [0.1, 0.15) is 0 Å². The lowest BCUT2D eigenvalue weighted by atomic mass is 9.99. The topological polar surface area (TPSA) is 0 Å². The minimum atomic E-state index is 0.147. The summed E-state index contributed by atoms with van der Waals surface area (Å²) in [5.41, 5.74) is 3.62. The Bertz CT molecular complexity index is 368. The van der Waals surface area contributed by atoms with Gasteiger partial charge in [-0.2, -0.15) is 0 Å². The molecule has 0 radical (unpaired) electrons. The van der Waals surface area contributed by atoms with Crippen molar-refractivity contribution in [2.45, 2.75) is 82.4 Å². The van der Waals surface area contributed by atoms with Crippen LogP contribution in [0.4, 0.5) is 0 Å². The monoisotopic (exact) mass is 294 g/mol. The SMILES string of the molecule is Cc1csc(P(C2CCCCC2)C2CCCCC2)c1. The van der Waals surface area contributed by atoms with Gasteiger partial charge >= 0.3 is 0 Å². The molecule has 19 heavy (non-hydrogen) atoms. The first kappa shape index (κ1) is 14.1. The van der Waals surface area contributed by atoms with Crippen molar-refractivity contribution in [3.63, 3.8) is 0 Å². The van der Waals surface area contributed by atoms with Crippen LogP contribution >= 0.6 is 19.3 Å². The maximum absolute atomic E-state index is 2.53. The van der Waals surface area contributed by atoms with Gasteiger partial charge in [-0.1, -0.05) is 46.4 Å². The van der Waals surface area contributed by atoms with Gasteiger partial charge in [0.15, 0.2) is 0 Å². The zero-order valence-corrected chi connectivity index (χ0v) is 13.9. The van der Waals surface area contributed by atoms with E-state index in [4.69, 9.17) is 0 Å². The minimum Gasteiger partial charge on any atom is -0.144 e. The Morgan fingerprint density at radius 1 is 0.895 bits per heavy atom. The third-order valence-electron chi connectivity index (χ3n) is 4.91. The quantitative estimate of drug-likeness (QED) is 0.615. The number of aryl methyl sites for hydroxylation is 1. The molecule has 0 aliphatic heterocycles. The van der Waals surface area contributed by atoms with Crippen LogP contribution in [-0.2, 0) is 0 Å². The van der Waals surface area contributed by atoms with E-state index in [1.54, 1.807) is 4.62 Å². The van der Waals surface area contributed by atoms with E-state index in [2.05, 4.69) is 29.7 Å². The largest absolute Gasteiger partial charge is 0.144 e. The molecule has 0 amide bonds. The number of thiophene rings is 1. The summed E-state index contributed by atoms with van der Waals surface area (Å²) in [6.45, 7) is 2.27. The molecule has 0 N–H and O–H groups in total. The zero-order valence-electron chi connectivity index (χ0n) is 12.2. The zero-order chi connectivity index (χ0) is 13.1. The highest BCUT2D eigenvalue weighted by Gasteiger charge is 2.32. The Balaban J connectivity index is 1.81. The maximum atomic E-state index is 2.53. The molecular formula is C17H27PS. The molecule has 1 aromatic rings. The summed E-state index contributed by atoms with van der Waals surface area (Å²) in [7, 11) is 0.147. The van der Waals surface area contributed by atoms with Crippen LogP contribution < -0.4 is 4.62 Å². The first-order chi connectivity index (χ1) is 9.34. The predicted octanol–water partition coefficient (Wildman–Crippen LogP) is 5.83. The van der Waals surface area contributed by atoms with Gasteiger partial charge < -0.3 is 0 Å². The van der Waals surface area contributed by atoms with Gasteiger partial charge in [0.05, 0.1) is 0 Å². The molecule has 0 unspecified atom stereocenters. The molecule has 2 heteroatoms. The summed E-state index contributed by atoms with van der Waals surface area (Å²) >= 11 is 2.07. The Labute approximate surface area is 123 Å². The predicted molar refractivity (Wildman–Crippen MR) is 89.4 cm³/mol. The van der Waals surface area contributed by atoms with Crippen LogP contribution in [0.15, 0.2) is 11.4 Å². The van der Waals surface area contributed by atoms with E-state index in [9.17, 15) is 0 Å². The Kier molecular flexibility index (Phi) is 4.98. The summed E-state index contributed by atoms with van der Waals surface area (Å²) < 4.78 is 1.78. The van der Waals surface area contributed by atoms with E-state index >= 15 is 0 Å². The molecule has 2 aliphatic rings. The van der Waals surface area contributed by atoms with Crippen molar-refractivity contribution in [1.82, 2.24) is 0 Å². The minimum absolute atomic E-state index is 0.147. The fourth-order valence-electron chi connectivity index (χ4n) is 3.93. The van der Waals surface area contributed by atoms with E-state index in [0.29, 0.717) is 0 Å². The molecule has 0 aromatic carbocycles. The van der Waals surface area contributed by atoms with Gasteiger partial charge in [0.2, 0.25) is 0 Å².